The van der Waals surface area contributed by atoms with Gasteiger partial charge in [-0.15, -0.1) is 0 Å². The predicted molar refractivity (Wildman–Crippen MR) is 84.1 cm³/mol. The minimum Gasteiger partial charge on any atom is -0.314 e. The van der Waals surface area contributed by atoms with Crippen molar-refractivity contribution in [3.8, 4) is 0 Å². The topological polar surface area (TPSA) is 12.0 Å². The van der Waals surface area contributed by atoms with Crippen molar-refractivity contribution < 1.29 is 0 Å². The molecular weight excluding hydrogens is 286 g/mol. The van der Waals surface area contributed by atoms with Crippen LogP contribution in [-0.4, -0.2) is 12.6 Å². The van der Waals surface area contributed by atoms with Crippen molar-refractivity contribution in [2.45, 2.75) is 58.4 Å². The van der Waals surface area contributed by atoms with E-state index in [0.29, 0.717) is 6.04 Å². The largest absolute Gasteiger partial charge is 0.314 e. The van der Waals surface area contributed by atoms with Crippen LogP contribution < -0.4 is 5.32 Å². The molecule has 0 spiro atoms. The second-order valence-corrected chi connectivity index (χ2v) is 5.80. The first-order valence-corrected chi connectivity index (χ1v) is 8.04. The zero-order chi connectivity index (χ0) is 13.2. The molecule has 0 fully saturated rings. The molecule has 0 saturated carbocycles. The Morgan fingerprint density at radius 1 is 1.11 bits per heavy atom. The summed E-state index contributed by atoms with van der Waals surface area (Å²) in [5, 5.41) is 3.68. The first-order valence-electron chi connectivity index (χ1n) is 7.24. The Morgan fingerprint density at radius 2 is 1.89 bits per heavy atom. The third-order valence-electron chi connectivity index (χ3n) is 3.26. The zero-order valence-electron chi connectivity index (χ0n) is 11.7. The molecule has 2 heteroatoms. The molecule has 0 radical (unpaired) electrons. The summed E-state index contributed by atoms with van der Waals surface area (Å²) in [6.45, 7) is 5.62. The van der Waals surface area contributed by atoms with E-state index in [1.165, 1.54) is 42.1 Å². The van der Waals surface area contributed by atoms with Gasteiger partial charge in [-0.25, -0.2) is 0 Å². The van der Waals surface area contributed by atoms with Crippen molar-refractivity contribution in [2.24, 2.45) is 0 Å². The van der Waals surface area contributed by atoms with Crippen LogP contribution in [-0.2, 0) is 6.42 Å². The van der Waals surface area contributed by atoms with Crippen LogP contribution in [0.15, 0.2) is 28.7 Å². The van der Waals surface area contributed by atoms with Crippen molar-refractivity contribution in [3.05, 3.63) is 34.3 Å². The van der Waals surface area contributed by atoms with Gasteiger partial charge in [-0.3, -0.25) is 0 Å². The van der Waals surface area contributed by atoms with Gasteiger partial charge in [0.25, 0.3) is 0 Å². The highest BCUT2D eigenvalue weighted by Gasteiger charge is 2.10. The Bertz CT molecular complexity index is 325. The third-order valence-corrected chi connectivity index (χ3v) is 4.04. The lowest BCUT2D eigenvalue weighted by Gasteiger charge is -2.19. The van der Waals surface area contributed by atoms with Crippen LogP contribution in [0.25, 0.3) is 0 Å². The lowest BCUT2D eigenvalue weighted by atomic mass is 10.0. The van der Waals surface area contributed by atoms with Crippen molar-refractivity contribution in [1.82, 2.24) is 5.32 Å². The fourth-order valence-corrected chi connectivity index (χ4v) is 2.64. The Morgan fingerprint density at radius 3 is 2.56 bits per heavy atom. The highest BCUT2D eigenvalue weighted by molar-refractivity contribution is 9.10. The summed E-state index contributed by atoms with van der Waals surface area (Å²) in [6.07, 6.45) is 7.61. The van der Waals surface area contributed by atoms with E-state index in [1.54, 1.807) is 0 Å². The summed E-state index contributed by atoms with van der Waals surface area (Å²) in [4.78, 5) is 0. The van der Waals surface area contributed by atoms with Crippen molar-refractivity contribution in [2.75, 3.05) is 6.54 Å². The number of unbranched alkanes of at least 4 members (excludes halogenated alkanes) is 2. The van der Waals surface area contributed by atoms with Gasteiger partial charge in [-0.2, -0.15) is 0 Å². The van der Waals surface area contributed by atoms with Gasteiger partial charge in [0.15, 0.2) is 0 Å². The standard InChI is InChI=1S/C16H26BrN/c1-3-5-6-10-15(18-12-4-2)13-14-9-7-8-11-16(14)17/h7-9,11,15,18H,3-6,10,12-13H2,1-2H3. The van der Waals surface area contributed by atoms with E-state index in [1.807, 2.05) is 0 Å². The van der Waals surface area contributed by atoms with E-state index in [9.17, 15) is 0 Å². The molecule has 0 aliphatic rings. The Hall–Kier alpha value is -0.340. The monoisotopic (exact) mass is 311 g/mol. The molecule has 1 rings (SSSR count). The van der Waals surface area contributed by atoms with Gasteiger partial charge in [-0.1, -0.05) is 67.2 Å². The lowest BCUT2D eigenvalue weighted by molar-refractivity contribution is 0.456. The molecule has 1 nitrogen and oxygen atoms in total. The first kappa shape index (κ1) is 15.7. The zero-order valence-corrected chi connectivity index (χ0v) is 13.3. The van der Waals surface area contributed by atoms with Gasteiger partial charge < -0.3 is 5.32 Å². The Kier molecular flexibility index (Phi) is 8.36. The Labute approximate surface area is 120 Å². The summed E-state index contributed by atoms with van der Waals surface area (Å²) in [6, 6.07) is 9.19. The van der Waals surface area contributed by atoms with Crippen LogP contribution in [0.5, 0.6) is 0 Å². The fraction of sp³-hybridized carbons (Fsp3) is 0.625. The number of benzene rings is 1. The molecule has 0 saturated heterocycles. The van der Waals surface area contributed by atoms with E-state index >= 15 is 0 Å². The molecule has 0 aromatic heterocycles. The molecule has 1 atom stereocenters. The average Bonchev–Trinajstić information content (AvgIpc) is 2.38. The van der Waals surface area contributed by atoms with E-state index in [2.05, 4.69) is 59.4 Å². The van der Waals surface area contributed by atoms with Crippen LogP contribution >= 0.6 is 15.9 Å². The highest BCUT2D eigenvalue weighted by Crippen LogP contribution is 2.19. The van der Waals surface area contributed by atoms with Crippen molar-refractivity contribution in [3.63, 3.8) is 0 Å². The van der Waals surface area contributed by atoms with Crippen molar-refractivity contribution >= 4 is 15.9 Å². The number of hydrogen-bond acceptors (Lipinski definition) is 1. The summed E-state index contributed by atoms with van der Waals surface area (Å²) < 4.78 is 1.24. The fourth-order valence-electron chi connectivity index (χ4n) is 2.19. The van der Waals surface area contributed by atoms with Crippen LogP contribution in [0.3, 0.4) is 0 Å². The summed E-state index contributed by atoms with van der Waals surface area (Å²) in [5.41, 5.74) is 1.42. The molecule has 102 valence electrons. The lowest BCUT2D eigenvalue weighted by Crippen LogP contribution is -2.31. The number of halogens is 1. The Balaban J connectivity index is 2.51. The molecule has 0 heterocycles. The maximum atomic E-state index is 3.68. The van der Waals surface area contributed by atoms with E-state index in [0.717, 1.165) is 13.0 Å². The molecule has 18 heavy (non-hydrogen) atoms. The minimum atomic E-state index is 0.621. The van der Waals surface area contributed by atoms with Gasteiger partial charge in [0, 0.05) is 10.5 Å². The average molecular weight is 312 g/mol. The highest BCUT2D eigenvalue weighted by atomic mass is 79.9. The van der Waals surface area contributed by atoms with Crippen LogP contribution in [0, 0.1) is 0 Å². The van der Waals surface area contributed by atoms with Crippen LogP contribution in [0.2, 0.25) is 0 Å². The van der Waals surface area contributed by atoms with Gasteiger partial charge >= 0.3 is 0 Å². The predicted octanol–water partition coefficient (Wildman–Crippen LogP) is 4.94. The van der Waals surface area contributed by atoms with Crippen LogP contribution in [0.1, 0.15) is 51.5 Å². The third kappa shape index (κ3) is 6.01. The first-order chi connectivity index (χ1) is 8.77. The smallest absolute Gasteiger partial charge is 0.0207 e. The number of hydrogen-bond donors (Lipinski definition) is 1. The maximum absolute atomic E-state index is 3.68. The quantitative estimate of drug-likeness (QED) is 0.637. The van der Waals surface area contributed by atoms with Gasteiger partial charge in [0.05, 0.1) is 0 Å². The second kappa shape index (κ2) is 9.57. The minimum absolute atomic E-state index is 0.621. The second-order valence-electron chi connectivity index (χ2n) is 4.94. The molecule has 1 unspecified atom stereocenters. The van der Waals surface area contributed by atoms with Crippen molar-refractivity contribution in [1.29, 1.82) is 0 Å². The van der Waals surface area contributed by atoms with Crippen LogP contribution in [0.4, 0.5) is 0 Å². The summed E-state index contributed by atoms with van der Waals surface area (Å²) >= 11 is 3.65. The van der Waals surface area contributed by atoms with E-state index < -0.39 is 0 Å². The van der Waals surface area contributed by atoms with E-state index in [-0.39, 0.29) is 0 Å². The molecule has 0 aliphatic heterocycles. The molecule has 0 aliphatic carbocycles. The molecule has 0 bridgehead atoms. The SMILES string of the molecule is CCCCCC(Cc1ccccc1Br)NCCC. The molecule has 0 amide bonds. The summed E-state index contributed by atoms with van der Waals surface area (Å²) in [7, 11) is 0. The number of rotatable bonds is 9. The maximum Gasteiger partial charge on any atom is 0.0207 e. The summed E-state index contributed by atoms with van der Waals surface area (Å²) in [5.74, 6) is 0. The normalized spacial score (nSPS) is 12.6. The number of nitrogens with one attached hydrogen (secondary N) is 1. The molecule has 1 N–H and O–H groups in total. The van der Waals surface area contributed by atoms with Gasteiger partial charge in [0.2, 0.25) is 0 Å². The molecule has 1 aromatic carbocycles. The van der Waals surface area contributed by atoms with Gasteiger partial charge in [-0.05, 0) is 37.4 Å². The molecule has 1 aromatic rings. The van der Waals surface area contributed by atoms with E-state index in [4.69, 9.17) is 0 Å². The van der Waals surface area contributed by atoms with Gasteiger partial charge in [0.1, 0.15) is 0 Å². The molecular formula is C16H26BrN.